The third-order valence-electron chi connectivity index (χ3n) is 2.59. The molecule has 0 spiro atoms. The summed E-state index contributed by atoms with van der Waals surface area (Å²) in [5.41, 5.74) is 1.05. The van der Waals surface area contributed by atoms with E-state index in [1.807, 2.05) is 36.5 Å². The van der Waals surface area contributed by atoms with Crippen molar-refractivity contribution >= 4 is 11.9 Å². The number of aliphatic imine (C=N–C) groups is 1. The quantitative estimate of drug-likeness (QED) is 0.615. The normalized spacial score (nSPS) is 11.4. The Bertz CT molecular complexity index is 260. The van der Waals surface area contributed by atoms with Gasteiger partial charge in [0, 0.05) is 6.21 Å². The first-order valence-electron chi connectivity index (χ1n) is 5.44. The molecule has 0 aliphatic rings. The van der Waals surface area contributed by atoms with E-state index in [2.05, 4.69) is 18.8 Å². The lowest BCUT2D eigenvalue weighted by Gasteiger charge is -2.06. The Kier molecular flexibility index (Phi) is 4.98. The van der Waals surface area contributed by atoms with Gasteiger partial charge in [0.2, 0.25) is 0 Å². The maximum Gasteiger partial charge on any atom is 0.0625 e. The topological polar surface area (TPSA) is 12.4 Å². The average molecular weight is 189 g/mol. The van der Waals surface area contributed by atoms with Crippen LogP contribution in [0.25, 0.3) is 0 Å². The molecule has 0 atom stereocenters. The molecule has 0 saturated heterocycles. The molecule has 0 aliphatic carbocycles. The molecule has 0 fully saturated rings. The zero-order valence-corrected chi connectivity index (χ0v) is 9.11. The molecule has 1 aromatic rings. The average Bonchev–Trinajstić information content (AvgIpc) is 2.26. The number of para-hydroxylation sites is 1. The fraction of sp³-hybridized carbons (Fsp3) is 0.462. The van der Waals surface area contributed by atoms with E-state index in [0.29, 0.717) is 0 Å². The molecule has 1 heteroatoms. The van der Waals surface area contributed by atoms with Crippen LogP contribution in [0.2, 0.25) is 0 Å². The minimum atomic E-state index is 0.794. The van der Waals surface area contributed by atoms with E-state index in [1.165, 1.54) is 12.8 Å². The van der Waals surface area contributed by atoms with E-state index in [0.717, 1.165) is 18.0 Å². The van der Waals surface area contributed by atoms with Crippen LogP contribution in [0.1, 0.15) is 33.1 Å². The lowest BCUT2D eigenvalue weighted by molar-refractivity contribution is 0.516. The number of hydrogen-bond acceptors (Lipinski definition) is 1. The predicted molar refractivity (Wildman–Crippen MR) is 63.3 cm³/mol. The minimum absolute atomic E-state index is 0.794. The summed E-state index contributed by atoms with van der Waals surface area (Å²) in [5.74, 6) is 0.794. The van der Waals surface area contributed by atoms with Gasteiger partial charge in [-0.15, -0.1) is 0 Å². The van der Waals surface area contributed by atoms with E-state index < -0.39 is 0 Å². The van der Waals surface area contributed by atoms with Crippen LogP contribution in [0.5, 0.6) is 0 Å². The fourth-order valence-electron chi connectivity index (χ4n) is 1.44. The maximum absolute atomic E-state index is 4.42. The lowest BCUT2D eigenvalue weighted by atomic mass is 10.0. The number of hydrogen-bond donors (Lipinski definition) is 0. The third-order valence-corrected chi connectivity index (χ3v) is 2.59. The van der Waals surface area contributed by atoms with E-state index in [9.17, 15) is 0 Å². The van der Waals surface area contributed by atoms with Crippen LogP contribution in [-0.4, -0.2) is 6.21 Å². The molecular weight excluding hydrogens is 170 g/mol. The lowest BCUT2D eigenvalue weighted by Crippen LogP contribution is -1.96. The summed E-state index contributed by atoms with van der Waals surface area (Å²) in [6.45, 7) is 4.48. The van der Waals surface area contributed by atoms with Gasteiger partial charge >= 0.3 is 0 Å². The summed E-state index contributed by atoms with van der Waals surface area (Å²) < 4.78 is 0. The Morgan fingerprint density at radius 2 is 1.79 bits per heavy atom. The van der Waals surface area contributed by atoms with Gasteiger partial charge in [0.05, 0.1) is 5.69 Å². The van der Waals surface area contributed by atoms with Gasteiger partial charge in [-0.05, 0) is 24.5 Å². The first-order valence-corrected chi connectivity index (χ1v) is 5.44. The standard InChI is InChI=1S/C13H19N/c1-3-12(4-2)10-11-14-13-8-6-5-7-9-13/h5-9,11-12H,3-4,10H2,1-2H3. The molecule has 0 heterocycles. The Labute approximate surface area is 86.9 Å². The molecule has 0 radical (unpaired) electrons. The van der Waals surface area contributed by atoms with Gasteiger partial charge in [-0.3, -0.25) is 4.99 Å². The van der Waals surface area contributed by atoms with Crippen molar-refractivity contribution in [1.29, 1.82) is 0 Å². The number of benzene rings is 1. The van der Waals surface area contributed by atoms with E-state index >= 15 is 0 Å². The molecule has 14 heavy (non-hydrogen) atoms. The second-order valence-electron chi connectivity index (χ2n) is 3.57. The zero-order valence-electron chi connectivity index (χ0n) is 9.11. The summed E-state index contributed by atoms with van der Waals surface area (Å²) in [5, 5.41) is 0. The summed E-state index contributed by atoms with van der Waals surface area (Å²) in [4.78, 5) is 4.42. The maximum atomic E-state index is 4.42. The van der Waals surface area contributed by atoms with Crippen molar-refractivity contribution in [2.75, 3.05) is 0 Å². The summed E-state index contributed by atoms with van der Waals surface area (Å²) in [6, 6.07) is 10.1. The summed E-state index contributed by atoms with van der Waals surface area (Å²) in [7, 11) is 0. The van der Waals surface area contributed by atoms with Gasteiger partial charge in [0.15, 0.2) is 0 Å². The molecule has 0 N–H and O–H groups in total. The molecule has 0 unspecified atom stereocenters. The van der Waals surface area contributed by atoms with Gasteiger partial charge in [0.25, 0.3) is 0 Å². The Balaban J connectivity index is 2.41. The van der Waals surface area contributed by atoms with Crippen molar-refractivity contribution in [1.82, 2.24) is 0 Å². The molecule has 0 saturated carbocycles. The molecule has 1 nitrogen and oxygen atoms in total. The molecule has 0 aromatic heterocycles. The molecule has 76 valence electrons. The monoisotopic (exact) mass is 189 g/mol. The van der Waals surface area contributed by atoms with Crippen molar-refractivity contribution in [2.24, 2.45) is 10.9 Å². The van der Waals surface area contributed by atoms with Crippen molar-refractivity contribution in [3.05, 3.63) is 30.3 Å². The highest BCUT2D eigenvalue weighted by Crippen LogP contribution is 2.13. The highest BCUT2D eigenvalue weighted by atomic mass is 14.7. The number of nitrogens with zero attached hydrogens (tertiary/aromatic N) is 1. The van der Waals surface area contributed by atoms with Crippen LogP contribution in [-0.2, 0) is 0 Å². The van der Waals surface area contributed by atoms with Crippen molar-refractivity contribution in [3.63, 3.8) is 0 Å². The molecule has 1 aromatic carbocycles. The highest BCUT2D eigenvalue weighted by molar-refractivity contribution is 5.63. The van der Waals surface area contributed by atoms with Gasteiger partial charge in [0.1, 0.15) is 0 Å². The van der Waals surface area contributed by atoms with Crippen LogP contribution < -0.4 is 0 Å². The fourth-order valence-corrected chi connectivity index (χ4v) is 1.44. The van der Waals surface area contributed by atoms with Crippen LogP contribution in [0.15, 0.2) is 35.3 Å². The van der Waals surface area contributed by atoms with E-state index in [1.54, 1.807) is 0 Å². The van der Waals surface area contributed by atoms with Gasteiger partial charge in [-0.1, -0.05) is 44.9 Å². The van der Waals surface area contributed by atoms with Crippen molar-refractivity contribution < 1.29 is 0 Å². The van der Waals surface area contributed by atoms with E-state index in [4.69, 9.17) is 0 Å². The summed E-state index contributed by atoms with van der Waals surface area (Å²) >= 11 is 0. The van der Waals surface area contributed by atoms with Gasteiger partial charge < -0.3 is 0 Å². The molecule has 1 rings (SSSR count). The van der Waals surface area contributed by atoms with Crippen LogP contribution >= 0.6 is 0 Å². The Morgan fingerprint density at radius 3 is 2.36 bits per heavy atom. The van der Waals surface area contributed by atoms with Crippen LogP contribution in [0.4, 0.5) is 5.69 Å². The largest absolute Gasteiger partial charge is 0.261 e. The predicted octanol–water partition coefficient (Wildman–Crippen LogP) is 4.22. The molecular formula is C13H19N. The second kappa shape index (κ2) is 6.36. The molecule has 0 bridgehead atoms. The molecule has 0 aliphatic heterocycles. The Morgan fingerprint density at radius 1 is 1.14 bits per heavy atom. The SMILES string of the molecule is CCC(CC)CC=Nc1ccccc1. The van der Waals surface area contributed by atoms with Crippen molar-refractivity contribution in [2.45, 2.75) is 33.1 Å². The summed E-state index contributed by atoms with van der Waals surface area (Å²) in [6.07, 6.45) is 5.64. The van der Waals surface area contributed by atoms with E-state index in [-0.39, 0.29) is 0 Å². The van der Waals surface area contributed by atoms with Crippen molar-refractivity contribution in [3.8, 4) is 0 Å². The third kappa shape index (κ3) is 3.73. The Hall–Kier alpha value is -1.11. The van der Waals surface area contributed by atoms with Gasteiger partial charge in [-0.2, -0.15) is 0 Å². The van der Waals surface area contributed by atoms with Gasteiger partial charge in [-0.25, -0.2) is 0 Å². The van der Waals surface area contributed by atoms with Crippen LogP contribution in [0, 0.1) is 5.92 Å². The minimum Gasteiger partial charge on any atom is -0.261 e. The first kappa shape index (κ1) is 11.0. The molecule has 0 amide bonds. The second-order valence-corrected chi connectivity index (χ2v) is 3.57. The highest BCUT2D eigenvalue weighted by Gasteiger charge is 1.99. The first-order chi connectivity index (χ1) is 6.86. The zero-order chi connectivity index (χ0) is 10.2. The number of rotatable bonds is 5. The van der Waals surface area contributed by atoms with Crippen LogP contribution in [0.3, 0.4) is 0 Å². The smallest absolute Gasteiger partial charge is 0.0625 e.